The second-order valence-electron chi connectivity index (χ2n) is 6.02. The molecule has 0 aliphatic rings. The molecule has 0 aliphatic carbocycles. The number of alkyl halides is 1. The molecule has 0 saturated heterocycles. The minimum absolute atomic E-state index is 0.383. The van der Waals surface area contributed by atoms with Crippen molar-refractivity contribution in [1.29, 1.82) is 0 Å². The molecule has 0 bridgehead atoms. The average molecular weight is 384 g/mol. The minimum atomic E-state index is 0.383. The fraction of sp³-hybridized carbons (Fsp3) is 0.200. The van der Waals surface area contributed by atoms with E-state index >= 15 is 0 Å². The number of aromatic nitrogens is 3. The fourth-order valence-electron chi connectivity index (χ4n) is 2.96. The van der Waals surface area contributed by atoms with Crippen LogP contribution in [-0.4, -0.2) is 34.5 Å². The Hall–Kier alpha value is -2.99. The fourth-order valence-corrected chi connectivity index (χ4v) is 3.03. The first-order valence-corrected chi connectivity index (χ1v) is 9.00. The zero-order chi connectivity index (χ0) is 18.8. The predicted molar refractivity (Wildman–Crippen MR) is 105 cm³/mol. The normalized spacial score (nSPS) is 11.1. The standard InChI is InChI=1S/C20H18ClN3O3/c1-12-10-22-16-4-3-13(7-14(12)16)27-20-15-8-18(25-2)19(26-6-5-21)9-17(15)23-11-24-20/h3-4,7-11,22H,5-6H2,1-2H3. The Morgan fingerprint density at radius 1 is 1.07 bits per heavy atom. The van der Waals surface area contributed by atoms with Crippen LogP contribution >= 0.6 is 11.6 Å². The Morgan fingerprint density at radius 2 is 1.96 bits per heavy atom. The molecule has 2 aromatic carbocycles. The maximum atomic E-state index is 6.06. The number of aromatic amines is 1. The molecule has 1 N–H and O–H groups in total. The first-order chi connectivity index (χ1) is 13.2. The number of aryl methyl sites for hydroxylation is 1. The van der Waals surface area contributed by atoms with Crippen molar-refractivity contribution in [2.45, 2.75) is 6.92 Å². The van der Waals surface area contributed by atoms with E-state index in [2.05, 4.69) is 21.9 Å². The molecule has 0 unspecified atom stereocenters. The number of H-pyrrole nitrogens is 1. The van der Waals surface area contributed by atoms with Gasteiger partial charge in [0, 0.05) is 23.2 Å². The van der Waals surface area contributed by atoms with E-state index in [0.717, 1.165) is 21.9 Å². The summed E-state index contributed by atoms with van der Waals surface area (Å²) in [6.07, 6.45) is 3.44. The molecule has 0 spiro atoms. The van der Waals surface area contributed by atoms with Gasteiger partial charge in [-0.3, -0.25) is 0 Å². The second-order valence-corrected chi connectivity index (χ2v) is 6.40. The van der Waals surface area contributed by atoms with Gasteiger partial charge < -0.3 is 19.2 Å². The third kappa shape index (κ3) is 3.36. The summed E-state index contributed by atoms with van der Waals surface area (Å²) < 4.78 is 17.1. The Kier molecular flexibility index (Phi) is 4.73. The zero-order valence-corrected chi connectivity index (χ0v) is 15.7. The second kappa shape index (κ2) is 7.32. The highest BCUT2D eigenvalue weighted by Crippen LogP contribution is 2.36. The molecular formula is C20H18ClN3O3. The molecule has 0 radical (unpaired) electrons. The summed E-state index contributed by atoms with van der Waals surface area (Å²) in [5.41, 5.74) is 2.92. The summed E-state index contributed by atoms with van der Waals surface area (Å²) in [4.78, 5) is 11.8. The lowest BCUT2D eigenvalue weighted by molar-refractivity contribution is 0.313. The molecule has 138 valence electrons. The summed E-state index contributed by atoms with van der Waals surface area (Å²) in [5, 5.41) is 1.85. The van der Waals surface area contributed by atoms with Gasteiger partial charge in [-0.1, -0.05) is 0 Å². The number of nitrogens with one attached hydrogen (secondary N) is 1. The van der Waals surface area contributed by atoms with Crippen LogP contribution < -0.4 is 14.2 Å². The maximum Gasteiger partial charge on any atom is 0.230 e. The van der Waals surface area contributed by atoms with E-state index in [-0.39, 0.29) is 0 Å². The number of rotatable bonds is 6. The van der Waals surface area contributed by atoms with Crippen LogP contribution in [0.1, 0.15) is 5.56 Å². The molecular weight excluding hydrogens is 366 g/mol. The van der Waals surface area contributed by atoms with Crippen molar-refractivity contribution in [3.8, 4) is 23.1 Å². The Labute approximate surface area is 161 Å². The lowest BCUT2D eigenvalue weighted by atomic mass is 10.2. The van der Waals surface area contributed by atoms with E-state index in [1.54, 1.807) is 13.2 Å². The molecule has 4 rings (SSSR count). The van der Waals surface area contributed by atoms with Gasteiger partial charge in [0.05, 0.1) is 23.9 Å². The first-order valence-electron chi connectivity index (χ1n) is 8.46. The first kappa shape index (κ1) is 17.4. The van der Waals surface area contributed by atoms with Gasteiger partial charge in [-0.2, -0.15) is 0 Å². The van der Waals surface area contributed by atoms with Crippen LogP contribution in [0.4, 0.5) is 0 Å². The van der Waals surface area contributed by atoms with Gasteiger partial charge in [0.15, 0.2) is 11.5 Å². The highest BCUT2D eigenvalue weighted by atomic mass is 35.5. The van der Waals surface area contributed by atoms with Crippen LogP contribution in [0.15, 0.2) is 42.9 Å². The van der Waals surface area contributed by atoms with Crippen molar-refractivity contribution in [2.75, 3.05) is 19.6 Å². The Morgan fingerprint density at radius 3 is 2.78 bits per heavy atom. The molecule has 0 aliphatic heterocycles. The average Bonchev–Trinajstić information content (AvgIpc) is 3.06. The summed E-state index contributed by atoms with van der Waals surface area (Å²) in [7, 11) is 1.58. The van der Waals surface area contributed by atoms with E-state index in [1.807, 2.05) is 30.5 Å². The number of hydrogen-bond donors (Lipinski definition) is 1. The summed E-state index contributed by atoms with van der Waals surface area (Å²) in [6, 6.07) is 9.49. The molecule has 2 heterocycles. The van der Waals surface area contributed by atoms with Crippen LogP contribution in [0.3, 0.4) is 0 Å². The number of ether oxygens (including phenoxy) is 3. The van der Waals surface area contributed by atoms with Crippen LogP contribution in [0.25, 0.3) is 21.8 Å². The zero-order valence-electron chi connectivity index (χ0n) is 15.0. The molecule has 27 heavy (non-hydrogen) atoms. The number of hydrogen-bond acceptors (Lipinski definition) is 5. The molecule has 0 saturated carbocycles. The number of fused-ring (bicyclic) bond motifs is 2. The lowest BCUT2D eigenvalue weighted by Gasteiger charge is -2.13. The van der Waals surface area contributed by atoms with Crippen molar-refractivity contribution in [3.05, 3.63) is 48.4 Å². The van der Waals surface area contributed by atoms with Crippen molar-refractivity contribution in [1.82, 2.24) is 15.0 Å². The number of methoxy groups -OCH3 is 1. The monoisotopic (exact) mass is 383 g/mol. The van der Waals surface area contributed by atoms with E-state index < -0.39 is 0 Å². The molecule has 6 nitrogen and oxygen atoms in total. The van der Waals surface area contributed by atoms with Gasteiger partial charge in [0.2, 0.25) is 5.88 Å². The van der Waals surface area contributed by atoms with Gasteiger partial charge in [-0.15, -0.1) is 11.6 Å². The highest BCUT2D eigenvalue weighted by Gasteiger charge is 2.13. The van der Waals surface area contributed by atoms with Crippen molar-refractivity contribution in [3.63, 3.8) is 0 Å². The predicted octanol–water partition coefficient (Wildman–Crippen LogP) is 4.84. The van der Waals surface area contributed by atoms with Gasteiger partial charge in [0.25, 0.3) is 0 Å². The molecule has 0 fully saturated rings. The number of nitrogens with zero attached hydrogens (tertiary/aromatic N) is 2. The van der Waals surface area contributed by atoms with Crippen molar-refractivity contribution >= 4 is 33.4 Å². The SMILES string of the molecule is COc1cc2c(Oc3ccc4[nH]cc(C)c4c3)ncnc2cc1OCCCl. The number of halogens is 1. The van der Waals surface area contributed by atoms with E-state index in [4.69, 9.17) is 25.8 Å². The molecule has 0 amide bonds. The van der Waals surface area contributed by atoms with E-state index in [9.17, 15) is 0 Å². The Balaban J connectivity index is 1.75. The van der Waals surface area contributed by atoms with Crippen molar-refractivity contribution in [2.24, 2.45) is 0 Å². The van der Waals surface area contributed by atoms with Gasteiger partial charge in [-0.05, 0) is 36.8 Å². The highest BCUT2D eigenvalue weighted by molar-refractivity contribution is 6.18. The molecule has 4 aromatic rings. The third-order valence-electron chi connectivity index (χ3n) is 4.29. The lowest BCUT2D eigenvalue weighted by Crippen LogP contribution is -2.01. The van der Waals surface area contributed by atoms with Crippen LogP contribution in [0.5, 0.6) is 23.1 Å². The van der Waals surface area contributed by atoms with Crippen LogP contribution in [0, 0.1) is 6.92 Å². The largest absolute Gasteiger partial charge is 0.493 e. The van der Waals surface area contributed by atoms with E-state index in [0.29, 0.717) is 41.1 Å². The van der Waals surface area contributed by atoms with Gasteiger partial charge >= 0.3 is 0 Å². The molecule has 0 atom stereocenters. The van der Waals surface area contributed by atoms with E-state index in [1.165, 1.54) is 6.33 Å². The van der Waals surface area contributed by atoms with Gasteiger partial charge in [-0.25, -0.2) is 9.97 Å². The summed E-state index contributed by atoms with van der Waals surface area (Å²) >= 11 is 5.71. The van der Waals surface area contributed by atoms with Gasteiger partial charge in [0.1, 0.15) is 18.7 Å². The quantitative estimate of drug-likeness (QED) is 0.482. The molecule has 7 heteroatoms. The van der Waals surface area contributed by atoms with Crippen molar-refractivity contribution < 1.29 is 14.2 Å². The maximum absolute atomic E-state index is 6.06. The van der Waals surface area contributed by atoms with Crippen LogP contribution in [-0.2, 0) is 0 Å². The minimum Gasteiger partial charge on any atom is -0.493 e. The summed E-state index contributed by atoms with van der Waals surface area (Å²) in [6.45, 7) is 2.43. The van der Waals surface area contributed by atoms with Crippen LogP contribution in [0.2, 0.25) is 0 Å². The third-order valence-corrected chi connectivity index (χ3v) is 4.45. The molecule has 2 aromatic heterocycles. The smallest absolute Gasteiger partial charge is 0.230 e. The Bertz CT molecular complexity index is 1110. The topological polar surface area (TPSA) is 69.3 Å². The summed E-state index contributed by atoms with van der Waals surface area (Å²) in [5.74, 6) is 2.70. The number of benzene rings is 2.